The van der Waals surface area contributed by atoms with Crippen LogP contribution in [0.1, 0.15) is 38.7 Å². The van der Waals surface area contributed by atoms with Crippen molar-refractivity contribution in [2.75, 3.05) is 5.43 Å². The van der Waals surface area contributed by atoms with E-state index in [1.165, 1.54) is 19.3 Å². The van der Waals surface area contributed by atoms with Gasteiger partial charge < -0.3 is 11.2 Å². The third kappa shape index (κ3) is 3.38. The number of nitrogens with zero attached hydrogens (tertiary/aromatic N) is 1. The molecule has 1 aromatic carbocycles. The maximum Gasteiger partial charge on any atom is 0.106 e. The molecular weight excluding hydrogens is 278 g/mol. The van der Waals surface area contributed by atoms with Gasteiger partial charge in [-0.1, -0.05) is 30.2 Å². The van der Waals surface area contributed by atoms with Gasteiger partial charge in [-0.2, -0.15) is 0 Å². The maximum atomic E-state index is 6.07. The summed E-state index contributed by atoms with van der Waals surface area (Å²) in [5, 5.41) is 2.96. The van der Waals surface area contributed by atoms with Gasteiger partial charge in [-0.15, -0.1) is 0 Å². The molecule has 1 saturated heterocycles. The van der Waals surface area contributed by atoms with Gasteiger partial charge >= 0.3 is 0 Å². The fourth-order valence-corrected chi connectivity index (χ4v) is 2.95. The Bertz CT molecular complexity index is 468. The van der Waals surface area contributed by atoms with E-state index in [9.17, 15) is 0 Å². The first-order valence-electron chi connectivity index (χ1n) is 6.63. The van der Waals surface area contributed by atoms with Crippen LogP contribution in [-0.2, 0) is 0 Å². The van der Waals surface area contributed by atoms with Crippen molar-refractivity contribution in [3.63, 3.8) is 0 Å². The van der Waals surface area contributed by atoms with Crippen molar-refractivity contribution < 1.29 is 0 Å². The molecule has 104 valence electrons. The molecule has 19 heavy (non-hydrogen) atoms. The number of anilines is 1. The summed E-state index contributed by atoms with van der Waals surface area (Å²) in [5.74, 6) is 0. The van der Waals surface area contributed by atoms with Gasteiger partial charge in [0.25, 0.3) is 0 Å². The number of piperidine rings is 1. The lowest BCUT2D eigenvalue weighted by Crippen LogP contribution is -2.47. The van der Waals surface area contributed by atoms with Gasteiger partial charge in [0.2, 0.25) is 0 Å². The van der Waals surface area contributed by atoms with Gasteiger partial charge in [-0.25, -0.2) is 5.01 Å². The van der Waals surface area contributed by atoms with Crippen molar-refractivity contribution in [3.8, 4) is 0 Å². The third-order valence-corrected chi connectivity index (χ3v) is 4.15. The molecule has 1 aromatic rings. The molecule has 2 unspecified atom stereocenters. The quantitative estimate of drug-likeness (QED) is 0.837. The van der Waals surface area contributed by atoms with Crippen LogP contribution in [0.25, 0.3) is 0 Å². The van der Waals surface area contributed by atoms with Crippen LogP contribution in [0.4, 0.5) is 5.69 Å². The van der Waals surface area contributed by atoms with E-state index in [-0.39, 0.29) is 0 Å². The molecule has 2 atom stereocenters. The summed E-state index contributed by atoms with van der Waals surface area (Å²) >= 11 is 11.2. The summed E-state index contributed by atoms with van der Waals surface area (Å²) in [7, 11) is 0. The molecule has 1 heterocycles. The Morgan fingerprint density at radius 1 is 1.37 bits per heavy atom. The zero-order valence-electron chi connectivity index (χ0n) is 11.3. The molecule has 3 N–H and O–H groups in total. The SMILES string of the molecule is CC1CCCC(C)N1Nc1cc(Cl)ccc1C(N)=S. The van der Waals surface area contributed by atoms with Crippen LogP contribution in [0.2, 0.25) is 5.02 Å². The van der Waals surface area contributed by atoms with Gasteiger partial charge in [0.15, 0.2) is 0 Å². The van der Waals surface area contributed by atoms with Crippen molar-refractivity contribution in [1.29, 1.82) is 0 Å². The molecule has 2 rings (SSSR count). The lowest BCUT2D eigenvalue weighted by Gasteiger charge is -2.39. The first kappa shape index (κ1) is 14.6. The van der Waals surface area contributed by atoms with Crippen LogP contribution in [0.5, 0.6) is 0 Å². The molecular formula is C14H20ClN3S. The van der Waals surface area contributed by atoms with Gasteiger partial charge in [0, 0.05) is 22.7 Å². The zero-order valence-corrected chi connectivity index (χ0v) is 12.9. The van der Waals surface area contributed by atoms with Gasteiger partial charge in [-0.3, -0.25) is 0 Å². The fourth-order valence-electron chi connectivity index (χ4n) is 2.60. The highest BCUT2D eigenvalue weighted by molar-refractivity contribution is 7.80. The molecule has 5 heteroatoms. The minimum Gasteiger partial charge on any atom is -0.389 e. The summed E-state index contributed by atoms with van der Waals surface area (Å²) in [6, 6.07) is 6.53. The van der Waals surface area contributed by atoms with Crippen LogP contribution < -0.4 is 11.2 Å². The van der Waals surface area contributed by atoms with E-state index in [4.69, 9.17) is 29.6 Å². The van der Waals surface area contributed by atoms with Crippen LogP contribution in [0.15, 0.2) is 18.2 Å². The number of benzene rings is 1. The van der Waals surface area contributed by atoms with E-state index in [1.807, 2.05) is 18.2 Å². The normalized spacial score (nSPS) is 24.2. The van der Waals surface area contributed by atoms with Gasteiger partial charge in [0.1, 0.15) is 4.99 Å². The van der Waals surface area contributed by atoms with E-state index in [1.54, 1.807) is 0 Å². The number of rotatable bonds is 3. The molecule has 0 aromatic heterocycles. The lowest BCUT2D eigenvalue weighted by molar-refractivity contribution is 0.136. The predicted molar refractivity (Wildman–Crippen MR) is 85.6 cm³/mol. The second-order valence-electron chi connectivity index (χ2n) is 5.20. The molecule has 0 spiro atoms. The highest BCUT2D eigenvalue weighted by Gasteiger charge is 2.25. The number of halogens is 1. The maximum absolute atomic E-state index is 6.07. The largest absolute Gasteiger partial charge is 0.389 e. The summed E-state index contributed by atoms with van der Waals surface area (Å²) in [4.78, 5) is 0.386. The van der Waals surface area contributed by atoms with Crippen LogP contribution in [-0.4, -0.2) is 22.1 Å². The highest BCUT2D eigenvalue weighted by Crippen LogP contribution is 2.27. The summed E-state index contributed by atoms with van der Waals surface area (Å²) < 4.78 is 0. The Labute approximate surface area is 125 Å². The van der Waals surface area contributed by atoms with Crippen LogP contribution >= 0.6 is 23.8 Å². The van der Waals surface area contributed by atoms with Crippen LogP contribution in [0, 0.1) is 0 Å². The van der Waals surface area contributed by atoms with E-state index in [0.29, 0.717) is 22.1 Å². The molecule has 0 saturated carbocycles. The molecule has 0 aliphatic carbocycles. The Hall–Kier alpha value is -0.840. The molecule has 0 amide bonds. The Morgan fingerprint density at radius 2 is 2.00 bits per heavy atom. The van der Waals surface area contributed by atoms with Crippen molar-refractivity contribution in [2.45, 2.75) is 45.2 Å². The van der Waals surface area contributed by atoms with E-state index in [0.717, 1.165) is 11.3 Å². The van der Waals surface area contributed by atoms with Crippen molar-refractivity contribution in [2.24, 2.45) is 5.73 Å². The standard InChI is InChI=1S/C14H20ClN3S/c1-9-4-3-5-10(2)18(9)17-13-8-11(15)6-7-12(13)14(16)19/h6-10,17H,3-5H2,1-2H3,(H2,16,19). The first-order valence-corrected chi connectivity index (χ1v) is 7.42. The average molecular weight is 298 g/mol. The number of hydrogen-bond acceptors (Lipinski definition) is 3. The number of nitrogens with one attached hydrogen (secondary N) is 1. The van der Waals surface area contributed by atoms with Gasteiger partial charge in [-0.05, 0) is 44.9 Å². The molecule has 3 nitrogen and oxygen atoms in total. The van der Waals surface area contributed by atoms with Gasteiger partial charge in [0.05, 0.1) is 5.69 Å². The minimum atomic E-state index is 0.386. The summed E-state index contributed by atoms with van der Waals surface area (Å²) in [6.07, 6.45) is 3.67. The fraction of sp³-hybridized carbons (Fsp3) is 0.500. The van der Waals surface area contributed by atoms with Crippen LogP contribution in [0.3, 0.4) is 0 Å². The monoisotopic (exact) mass is 297 g/mol. The lowest BCUT2D eigenvalue weighted by atomic mass is 10.00. The van der Waals surface area contributed by atoms with Crippen molar-refractivity contribution in [3.05, 3.63) is 28.8 Å². The Balaban J connectivity index is 2.26. The number of thiocarbonyl (C=S) groups is 1. The average Bonchev–Trinajstić information content (AvgIpc) is 2.33. The molecule has 1 fully saturated rings. The number of hydrogen-bond donors (Lipinski definition) is 2. The summed E-state index contributed by atoms with van der Waals surface area (Å²) in [6.45, 7) is 4.46. The van der Waals surface area contributed by atoms with E-state index < -0.39 is 0 Å². The topological polar surface area (TPSA) is 41.3 Å². The second kappa shape index (κ2) is 6.07. The minimum absolute atomic E-state index is 0.386. The molecule has 0 radical (unpaired) electrons. The van der Waals surface area contributed by atoms with E-state index in [2.05, 4.69) is 24.3 Å². The Morgan fingerprint density at radius 3 is 2.58 bits per heavy atom. The number of nitrogens with two attached hydrogens (primary N) is 1. The molecule has 1 aliphatic heterocycles. The molecule has 0 bridgehead atoms. The van der Waals surface area contributed by atoms with E-state index >= 15 is 0 Å². The third-order valence-electron chi connectivity index (χ3n) is 3.69. The van der Waals surface area contributed by atoms with Crippen molar-refractivity contribution >= 4 is 34.5 Å². The summed E-state index contributed by atoms with van der Waals surface area (Å²) in [5.41, 5.74) is 10.9. The molecule has 1 aliphatic rings. The highest BCUT2D eigenvalue weighted by atomic mass is 35.5. The predicted octanol–water partition coefficient (Wildman–Crippen LogP) is 3.56. The first-order chi connectivity index (χ1) is 8.99. The zero-order chi connectivity index (χ0) is 14.0. The number of hydrazine groups is 1. The Kier molecular flexibility index (Phi) is 4.66. The van der Waals surface area contributed by atoms with Crippen molar-refractivity contribution in [1.82, 2.24) is 5.01 Å². The second-order valence-corrected chi connectivity index (χ2v) is 6.08. The smallest absolute Gasteiger partial charge is 0.106 e.